The van der Waals surface area contributed by atoms with Gasteiger partial charge in [0.2, 0.25) is 0 Å². The standard InChI is InChI=1S/C15H15N5O/c1-10-8-20(9-17-10)13-5-3-11(7-14(13)21-2)12-4-6-15(16)19-18-12/h3-9H,1-2H3,(H2,16,19). The number of aromatic nitrogens is 4. The lowest BCUT2D eigenvalue weighted by atomic mass is 10.1. The second-order valence-electron chi connectivity index (χ2n) is 4.65. The number of nitrogens with two attached hydrogens (primary N) is 1. The van der Waals surface area contributed by atoms with Crippen molar-refractivity contribution in [3.8, 4) is 22.7 Å². The zero-order chi connectivity index (χ0) is 14.8. The Bertz CT molecular complexity index is 764. The van der Waals surface area contributed by atoms with E-state index in [-0.39, 0.29) is 0 Å². The Labute approximate surface area is 122 Å². The first kappa shape index (κ1) is 13.1. The van der Waals surface area contributed by atoms with Crippen LogP contribution in [0.25, 0.3) is 16.9 Å². The summed E-state index contributed by atoms with van der Waals surface area (Å²) < 4.78 is 7.40. The van der Waals surface area contributed by atoms with Gasteiger partial charge in [-0.05, 0) is 31.2 Å². The summed E-state index contributed by atoms with van der Waals surface area (Å²) >= 11 is 0. The summed E-state index contributed by atoms with van der Waals surface area (Å²) in [4.78, 5) is 4.23. The fourth-order valence-electron chi connectivity index (χ4n) is 2.10. The predicted molar refractivity (Wildman–Crippen MR) is 80.3 cm³/mol. The molecular formula is C15H15N5O. The average Bonchev–Trinajstić information content (AvgIpc) is 2.94. The molecule has 21 heavy (non-hydrogen) atoms. The second kappa shape index (κ2) is 5.24. The van der Waals surface area contributed by atoms with Crippen molar-refractivity contribution in [1.29, 1.82) is 0 Å². The van der Waals surface area contributed by atoms with Gasteiger partial charge in [-0.25, -0.2) is 4.98 Å². The topological polar surface area (TPSA) is 78.9 Å². The van der Waals surface area contributed by atoms with Crippen molar-refractivity contribution in [3.05, 3.63) is 48.5 Å². The number of aryl methyl sites for hydroxylation is 1. The minimum Gasteiger partial charge on any atom is -0.495 e. The summed E-state index contributed by atoms with van der Waals surface area (Å²) in [5.74, 6) is 1.14. The summed E-state index contributed by atoms with van der Waals surface area (Å²) in [5, 5.41) is 7.95. The molecule has 106 valence electrons. The van der Waals surface area contributed by atoms with E-state index in [1.54, 1.807) is 19.5 Å². The first-order valence-corrected chi connectivity index (χ1v) is 6.46. The van der Waals surface area contributed by atoms with Crippen molar-refractivity contribution < 1.29 is 4.74 Å². The van der Waals surface area contributed by atoms with Crippen molar-refractivity contribution in [1.82, 2.24) is 19.7 Å². The van der Waals surface area contributed by atoms with E-state index in [2.05, 4.69) is 15.2 Å². The summed E-state index contributed by atoms with van der Waals surface area (Å²) in [5.41, 5.74) is 9.09. The molecule has 0 fully saturated rings. The van der Waals surface area contributed by atoms with Crippen LogP contribution in [0.3, 0.4) is 0 Å². The predicted octanol–water partition coefficient (Wildman–Crippen LogP) is 2.23. The third-order valence-corrected chi connectivity index (χ3v) is 3.15. The van der Waals surface area contributed by atoms with Crippen LogP contribution in [-0.4, -0.2) is 26.9 Å². The molecule has 2 N–H and O–H groups in total. The van der Waals surface area contributed by atoms with Crippen LogP contribution in [0.15, 0.2) is 42.9 Å². The Morgan fingerprint density at radius 3 is 2.62 bits per heavy atom. The Kier molecular flexibility index (Phi) is 3.27. The SMILES string of the molecule is COc1cc(-c2ccc(N)nn2)ccc1-n1cnc(C)c1. The largest absolute Gasteiger partial charge is 0.495 e. The van der Waals surface area contributed by atoms with Gasteiger partial charge in [0.15, 0.2) is 0 Å². The van der Waals surface area contributed by atoms with Gasteiger partial charge in [-0.2, -0.15) is 0 Å². The third-order valence-electron chi connectivity index (χ3n) is 3.15. The molecule has 0 saturated heterocycles. The van der Waals surface area contributed by atoms with Gasteiger partial charge < -0.3 is 15.0 Å². The number of hydrogen-bond donors (Lipinski definition) is 1. The zero-order valence-corrected chi connectivity index (χ0v) is 11.8. The van der Waals surface area contributed by atoms with Gasteiger partial charge in [0.1, 0.15) is 11.6 Å². The number of hydrogen-bond acceptors (Lipinski definition) is 5. The van der Waals surface area contributed by atoms with Gasteiger partial charge in [0, 0.05) is 11.8 Å². The van der Waals surface area contributed by atoms with Crippen molar-refractivity contribution in [2.24, 2.45) is 0 Å². The molecule has 0 atom stereocenters. The minimum absolute atomic E-state index is 0.399. The normalized spacial score (nSPS) is 10.6. The second-order valence-corrected chi connectivity index (χ2v) is 4.65. The number of benzene rings is 1. The molecule has 0 aliphatic heterocycles. The molecule has 0 radical (unpaired) electrons. The highest BCUT2D eigenvalue weighted by molar-refractivity contribution is 5.65. The maximum Gasteiger partial charge on any atom is 0.146 e. The fourth-order valence-corrected chi connectivity index (χ4v) is 2.10. The van der Waals surface area contributed by atoms with Crippen LogP contribution in [0.2, 0.25) is 0 Å². The summed E-state index contributed by atoms with van der Waals surface area (Å²) in [7, 11) is 1.64. The lowest BCUT2D eigenvalue weighted by molar-refractivity contribution is 0.413. The fraction of sp³-hybridized carbons (Fsp3) is 0.133. The number of nitrogens with zero attached hydrogens (tertiary/aromatic N) is 4. The molecule has 0 saturated carbocycles. The molecule has 6 nitrogen and oxygen atoms in total. The monoisotopic (exact) mass is 281 g/mol. The molecule has 2 heterocycles. The van der Waals surface area contributed by atoms with Gasteiger partial charge in [0.25, 0.3) is 0 Å². The molecule has 0 aliphatic rings. The first-order chi connectivity index (χ1) is 10.2. The van der Waals surface area contributed by atoms with Crippen molar-refractivity contribution in [2.75, 3.05) is 12.8 Å². The molecular weight excluding hydrogens is 266 g/mol. The molecule has 1 aromatic carbocycles. The number of methoxy groups -OCH3 is 1. The van der Waals surface area contributed by atoms with Crippen LogP contribution >= 0.6 is 0 Å². The lowest BCUT2D eigenvalue weighted by Gasteiger charge is -2.11. The highest BCUT2D eigenvalue weighted by atomic mass is 16.5. The number of anilines is 1. The molecule has 0 aliphatic carbocycles. The zero-order valence-electron chi connectivity index (χ0n) is 11.8. The summed E-state index contributed by atoms with van der Waals surface area (Å²) in [6.07, 6.45) is 3.70. The van der Waals surface area contributed by atoms with Crippen molar-refractivity contribution in [2.45, 2.75) is 6.92 Å². The Morgan fingerprint density at radius 1 is 1.14 bits per heavy atom. The molecule has 6 heteroatoms. The van der Waals surface area contributed by atoms with Gasteiger partial charge in [-0.3, -0.25) is 0 Å². The van der Waals surface area contributed by atoms with Crippen LogP contribution in [0.5, 0.6) is 5.75 Å². The Hall–Kier alpha value is -2.89. The summed E-state index contributed by atoms with van der Waals surface area (Å²) in [6.45, 7) is 1.95. The molecule has 3 aromatic rings. The average molecular weight is 281 g/mol. The van der Waals surface area contributed by atoms with Crippen LogP contribution in [0.4, 0.5) is 5.82 Å². The Morgan fingerprint density at radius 2 is 2.00 bits per heavy atom. The van der Waals surface area contributed by atoms with Crippen LogP contribution in [-0.2, 0) is 0 Å². The van der Waals surface area contributed by atoms with Crippen molar-refractivity contribution in [3.63, 3.8) is 0 Å². The van der Waals surface area contributed by atoms with E-state index in [0.29, 0.717) is 5.82 Å². The van der Waals surface area contributed by atoms with E-state index in [0.717, 1.165) is 28.4 Å². The quantitative estimate of drug-likeness (QED) is 0.796. The van der Waals surface area contributed by atoms with Gasteiger partial charge in [0.05, 0.1) is 30.5 Å². The van der Waals surface area contributed by atoms with E-state index in [1.807, 2.05) is 42.0 Å². The van der Waals surface area contributed by atoms with E-state index in [4.69, 9.17) is 10.5 Å². The molecule has 0 unspecified atom stereocenters. The molecule has 0 spiro atoms. The van der Waals surface area contributed by atoms with Crippen LogP contribution < -0.4 is 10.5 Å². The summed E-state index contributed by atoms with van der Waals surface area (Å²) in [6, 6.07) is 9.41. The van der Waals surface area contributed by atoms with E-state index >= 15 is 0 Å². The van der Waals surface area contributed by atoms with Crippen LogP contribution in [0.1, 0.15) is 5.69 Å². The molecule has 0 bridgehead atoms. The highest BCUT2D eigenvalue weighted by Gasteiger charge is 2.09. The molecule has 3 rings (SSSR count). The van der Waals surface area contributed by atoms with Gasteiger partial charge in [-0.1, -0.05) is 6.07 Å². The maximum absolute atomic E-state index is 5.55. The smallest absolute Gasteiger partial charge is 0.146 e. The van der Waals surface area contributed by atoms with E-state index in [9.17, 15) is 0 Å². The molecule has 0 amide bonds. The first-order valence-electron chi connectivity index (χ1n) is 6.46. The lowest BCUT2D eigenvalue weighted by Crippen LogP contribution is -1.97. The maximum atomic E-state index is 5.55. The number of rotatable bonds is 3. The highest BCUT2D eigenvalue weighted by Crippen LogP contribution is 2.28. The number of imidazole rings is 1. The van der Waals surface area contributed by atoms with Gasteiger partial charge in [-0.15, -0.1) is 10.2 Å². The Balaban J connectivity index is 2.04. The third kappa shape index (κ3) is 2.55. The molecule has 2 aromatic heterocycles. The van der Waals surface area contributed by atoms with E-state index < -0.39 is 0 Å². The van der Waals surface area contributed by atoms with E-state index in [1.165, 1.54) is 0 Å². The number of nitrogen functional groups attached to an aromatic ring is 1. The van der Waals surface area contributed by atoms with Gasteiger partial charge >= 0.3 is 0 Å². The van der Waals surface area contributed by atoms with Crippen LogP contribution in [0, 0.1) is 6.92 Å². The minimum atomic E-state index is 0.399. The number of ether oxygens (including phenoxy) is 1. The van der Waals surface area contributed by atoms with Crippen molar-refractivity contribution >= 4 is 5.82 Å².